The molecule has 6 heterocycles. The van der Waals surface area contributed by atoms with Gasteiger partial charge in [0.15, 0.2) is 0 Å². The van der Waals surface area contributed by atoms with Crippen LogP contribution in [0.3, 0.4) is 0 Å². The van der Waals surface area contributed by atoms with Crippen LogP contribution in [-0.4, -0.2) is 27.4 Å². The van der Waals surface area contributed by atoms with E-state index >= 15 is 0 Å². The van der Waals surface area contributed by atoms with E-state index in [0.717, 1.165) is 17.1 Å². The Bertz CT molecular complexity index is 8730. The highest BCUT2D eigenvalue weighted by atomic mass is 15.1. The highest BCUT2D eigenvalue weighted by Gasteiger charge is 2.27. The summed E-state index contributed by atoms with van der Waals surface area (Å²) in [5.41, 5.74) is 33.7. The smallest absolute Gasteiger partial charge is 0.0542 e. The molecule has 7 nitrogen and oxygen atoms in total. The minimum Gasteiger partial charge on any atom is -0.310 e. The first-order chi connectivity index (χ1) is 66.5. The van der Waals surface area contributed by atoms with E-state index in [1.165, 1.54) is 198 Å². The standard InChI is InChI=1S/C40H32N2.C34H28N2.C34H30N2.C22H21N/c1-40(2,3)29-20-23-39-35(26-29)34-25-28(19-22-38(34)42(39)31-14-8-5-9-15-31)27-18-21-37-33(24-27)32-16-10-11-17-36(32)41(37)30-12-6-4-7-13-30;1-34(2,3)23-17-19-32-28(21-23)29-22-25(18-20-33(29)35(32)24-11-5-4-6-12-24)36-30-15-9-7-13-26(30)27-14-8-10-16-31(27)36;1-34(2,3)25-19-21-32-30(23-25)31-24-29(20-22-33(31)36(32)28-17-11-6-12-18-28)35(26-13-7-4-8-14-26)27-15-9-5-10-16-27;1-22(2,3)16-13-14-21-19(15-16)18-11-7-8-12-20(18)23(21)17-9-5-4-6-10-17/h4-26H,1-3H3;4-22H,1-3H3;4-24H,1-3H3;4-15H,1-3H3. The van der Waals surface area contributed by atoms with Gasteiger partial charge in [-0.2, -0.15) is 0 Å². The van der Waals surface area contributed by atoms with Gasteiger partial charge in [0.1, 0.15) is 0 Å². The van der Waals surface area contributed by atoms with Gasteiger partial charge in [-0.3, -0.25) is 0 Å². The number of benzene rings is 19. The molecule has 0 spiro atoms. The van der Waals surface area contributed by atoms with Crippen LogP contribution in [0.25, 0.3) is 176 Å². The van der Waals surface area contributed by atoms with Crippen molar-refractivity contribution in [2.75, 3.05) is 4.90 Å². The van der Waals surface area contributed by atoms with Crippen molar-refractivity contribution in [3.05, 3.63) is 477 Å². The number of nitrogens with zero attached hydrogens (tertiary/aromatic N) is 7. The van der Waals surface area contributed by atoms with E-state index in [1.54, 1.807) is 0 Å². The van der Waals surface area contributed by atoms with Crippen LogP contribution in [0.1, 0.15) is 105 Å². The third-order valence-corrected chi connectivity index (χ3v) is 27.6. The average Bonchev–Trinajstić information content (AvgIpc) is 1.57. The van der Waals surface area contributed by atoms with Crippen LogP contribution in [0, 0.1) is 0 Å². The van der Waals surface area contributed by atoms with Gasteiger partial charge in [-0.05, 0) is 273 Å². The van der Waals surface area contributed by atoms with Crippen LogP contribution < -0.4 is 4.90 Å². The molecule has 0 saturated heterocycles. The van der Waals surface area contributed by atoms with Crippen molar-refractivity contribution < 1.29 is 0 Å². The highest BCUT2D eigenvalue weighted by Crippen LogP contribution is 2.46. The molecular formula is C130H111N7. The van der Waals surface area contributed by atoms with E-state index in [2.05, 4.69) is 570 Å². The van der Waals surface area contributed by atoms with Crippen molar-refractivity contribution in [1.82, 2.24) is 27.4 Å². The van der Waals surface area contributed by atoms with Crippen LogP contribution in [-0.2, 0) is 21.7 Å². The van der Waals surface area contributed by atoms with Crippen molar-refractivity contribution in [1.29, 1.82) is 0 Å². The summed E-state index contributed by atoms with van der Waals surface area (Å²) in [6.45, 7) is 27.4. The first kappa shape index (κ1) is 86.2. The summed E-state index contributed by atoms with van der Waals surface area (Å²) in [5.74, 6) is 0. The van der Waals surface area contributed by atoms with Crippen molar-refractivity contribution in [3.63, 3.8) is 0 Å². The summed E-state index contributed by atoms with van der Waals surface area (Å²) >= 11 is 0. The summed E-state index contributed by atoms with van der Waals surface area (Å²) in [4.78, 5) is 2.33. The molecule has 0 saturated carbocycles. The fraction of sp³-hybridized carbons (Fsp3) is 0.123. The molecule has 0 fully saturated rings. The summed E-state index contributed by atoms with van der Waals surface area (Å²) in [5, 5.41) is 15.5. The summed E-state index contributed by atoms with van der Waals surface area (Å²) < 4.78 is 14.3. The van der Waals surface area contributed by atoms with Crippen LogP contribution in [0.15, 0.2) is 455 Å². The normalized spacial score (nSPS) is 12.1. The molecule has 0 aliphatic heterocycles. The van der Waals surface area contributed by atoms with Gasteiger partial charge in [0, 0.05) is 116 Å². The SMILES string of the molecule is CC(C)(C)c1ccc2c(c1)c1cc(-c3ccc4c(c3)c3ccccc3n4-c3ccccc3)ccc1n2-c1ccccc1.CC(C)(C)c1ccc2c(c1)c1cc(-n3c4ccccc4c4ccccc43)ccc1n2-c1ccccc1.CC(C)(C)c1ccc2c(c1)c1cc(N(c3ccccc3)c3ccccc3)ccc1n2-c1ccccc1.CC(C)(C)c1ccc2c(c1)c1ccccc1n2-c1ccccc1. The minimum absolute atomic E-state index is 0.0744. The van der Waals surface area contributed by atoms with Crippen molar-refractivity contribution in [2.24, 2.45) is 0 Å². The number of fused-ring (bicyclic) bond motifs is 18. The van der Waals surface area contributed by atoms with E-state index in [-0.39, 0.29) is 21.7 Å². The third-order valence-electron chi connectivity index (χ3n) is 27.6. The van der Waals surface area contributed by atoms with Gasteiger partial charge >= 0.3 is 0 Å². The topological polar surface area (TPSA) is 32.8 Å². The maximum Gasteiger partial charge on any atom is 0.0542 e. The fourth-order valence-electron chi connectivity index (χ4n) is 20.6. The Balaban J connectivity index is 0.000000108. The zero-order chi connectivity index (χ0) is 93.6. The molecule has 0 unspecified atom stereocenters. The van der Waals surface area contributed by atoms with Gasteiger partial charge in [-0.1, -0.05) is 320 Å². The van der Waals surface area contributed by atoms with Crippen LogP contribution >= 0.6 is 0 Å². The number of anilines is 3. The van der Waals surface area contributed by atoms with E-state index < -0.39 is 0 Å². The Kier molecular flexibility index (Phi) is 21.8. The Hall–Kier alpha value is -16.2. The Morgan fingerprint density at radius 3 is 0.628 bits per heavy atom. The van der Waals surface area contributed by atoms with Crippen LogP contribution in [0.5, 0.6) is 0 Å². The minimum atomic E-state index is 0.0744. The summed E-state index contributed by atoms with van der Waals surface area (Å²) in [6, 6.07) is 165. The van der Waals surface area contributed by atoms with E-state index in [0.29, 0.717) is 0 Å². The molecule has 7 heteroatoms. The molecule has 25 aromatic rings. The third kappa shape index (κ3) is 15.8. The van der Waals surface area contributed by atoms with Crippen LogP contribution in [0.2, 0.25) is 0 Å². The van der Waals surface area contributed by atoms with Crippen molar-refractivity contribution in [3.8, 4) is 45.3 Å². The Morgan fingerprint density at radius 2 is 0.336 bits per heavy atom. The van der Waals surface area contributed by atoms with E-state index in [1.807, 2.05) is 0 Å². The summed E-state index contributed by atoms with van der Waals surface area (Å²) in [6.07, 6.45) is 0. The molecule has 25 rings (SSSR count). The number of aromatic nitrogens is 6. The number of rotatable bonds is 10. The highest BCUT2D eigenvalue weighted by molar-refractivity contribution is 6.17. The predicted octanol–water partition coefficient (Wildman–Crippen LogP) is 35.7. The lowest BCUT2D eigenvalue weighted by Gasteiger charge is -2.25. The molecule has 137 heavy (non-hydrogen) atoms. The van der Waals surface area contributed by atoms with Gasteiger partial charge < -0.3 is 32.3 Å². The van der Waals surface area contributed by atoms with Gasteiger partial charge in [-0.25, -0.2) is 0 Å². The molecule has 0 radical (unpaired) electrons. The monoisotopic (exact) mass is 1770 g/mol. The first-order valence-corrected chi connectivity index (χ1v) is 48.0. The van der Waals surface area contributed by atoms with E-state index in [9.17, 15) is 0 Å². The first-order valence-electron chi connectivity index (χ1n) is 48.0. The lowest BCUT2D eigenvalue weighted by Crippen LogP contribution is -2.10. The zero-order valence-corrected chi connectivity index (χ0v) is 79.9. The molecule has 0 aliphatic rings. The molecule has 0 bridgehead atoms. The Labute approximate surface area is 801 Å². The molecule has 6 aromatic heterocycles. The second kappa shape index (κ2) is 34.7. The molecule has 0 amide bonds. The molecule has 0 aliphatic carbocycles. The second-order valence-electron chi connectivity index (χ2n) is 40.6. The molecule has 19 aromatic carbocycles. The van der Waals surface area contributed by atoms with Crippen LogP contribution in [0.4, 0.5) is 17.1 Å². The molecule has 0 atom stereocenters. The van der Waals surface area contributed by atoms with Crippen molar-refractivity contribution >= 4 is 148 Å². The number of hydrogen-bond acceptors (Lipinski definition) is 1. The van der Waals surface area contributed by atoms with Gasteiger partial charge in [-0.15, -0.1) is 0 Å². The average molecular weight is 1770 g/mol. The second-order valence-corrected chi connectivity index (χ2v) is 40.6. The largest absolute Gasteiger partial charge is 0.310 e. The molecular weight excluding hydrogens is 1660 g/mol. The molecule has 0 N–H and O–H groups in total. The summed E-state index contributed by atoms with van der Waals surface area (Å²) in [7, 11) is 0. The van der Waals surface area contributed by atoms with E-state index in [4.69, 9.17) is 0 Å². The maximum absolute atomic E-state index is 2.41. The Morgan fingerprint density at radius 1 is 0.139 bits per heavy atom. The maximum atomic E-state index is 2.41. The van der Waals surface area contributed by atoms with Crippen molar-refractivity contribution in [2.45, 2.75) is 105 Å². The number of hydrogen-bond donors (Lipinski definition) is 0. The van der Waals surface area contributed by atoms with Gasteiger partial charge in [0.2, 0.25) is 0 Å². The lowest BCUT2D eigenvalue weighted by atomic mass is 9.86. The fourth-order valence-corrected chi connectivity index (χ4v) is 20.6. The quantitative estimate of drug-likeness (QED) is 0.134. The predicted molar refractivity (Wildman–Crippen MR) is 587 cm³/mol. The van der Waals surface area contributed by atoms with Gasteiger partial charge in [0.25, 0.3) is 0 Å². The zero-order valence-electron chi connectivity index (χ0n) is 79.9. The lowest BCUT2D eigenvalue weighted by molar-refractivity contribution is 0.591. The number of para-hydroxylation sites is 11. The molecule has 666 valence electrons. The van der Waals surface area contributed by atoms with Gasteiger partial charge in [0.05, 0.1) is 66.2 Å².